The largest absolute Gasteiger partial charge is 0.480 e. The summed E-state index contributed by atoms with van der Waals surface area (Å²) in [5.41, 5.74) is 1.08. The number of carbonyl (C=O) groups is 2. The molecule has 0 atom stereocenters. The van der Waals surface area contributed by atoms with Gasteiger partial charge in [-0.1, -0.05) is 0 Å². The highest BCUT2D eigenvalue weighted by molar-refractivity contribution is 5.77. The summed E-state index contributed by atoms with van der Waals surface area (Å²) in [6.07, 6.45) is 4.08. The quantitative estimate of drug-likeness (QED) is 0.689. The molecule has 0 radical (unpaired) electrons. The average molecular weight is 238 g/mol. The highest BCUT2D eigenvalue weighted by Crippen LogP contribution is 1.95. The van der Waals surface area contributed by atoms with Crippen LogP contribution in [0.2, 0.25) is 0 Å². The van der Waals surface area contributed by atoms with E-state index in [0.29, 0.717) is 13.0 Å². The Kier molecular flexibility index (Phi) is 5.67. The summed E-state index contributed by atoms with van der Waals surface area (Å²) >= 11 is 0. The minimum atomic E-state index is -1.09. The van der Waals surface area contributed by atoms with Gasteiger partial charge in [-0.15, -0.1) is 0 Å². The van der Waals surface area contributed by atoms with Crippen LogP contribution in [0.25, 0.3) is 0 Å². The molecule has 92 valence electrons. The van der Waals surface area contributed by atoms with Gasteiger partial charge in [-0.2, -0.15) is 0 Å². The molecule has 0 aliphatic rings. The van der Waals surface area contributed by atoms with Gasteiger partial charge in [0.1, 0.15) is 13.2 Å². The summed E-state index contributed by atoms with van der Waals surface area (Å²) in [5, 5.41) is 10.9. The van der Waals surface area contributed by atoms with Crippen LogP contribution >= 0.6 is 0 Å². The number of nitrogens with zero attached hydrogens (tertiary/aromatic N) is 1. The molecule has 6 heteroatoms. The summed E-state index contributed by atoms with van der Waals surface area (Å²) < 4.78 is 4.64. The van der Waals surface area contributed by atoms with Crippen molar-refractivity contribution in [1.29, 1.82) is 0 Å². The zero-order valence-electron chi connectivity index (χ0n) is 9.26. The smallest absolute Gasteiger partial charge is 0.329 e. The van der Waals surface area contributed by atoms with E-state index in [2.05, 4.69) is 15.0 Å². The first-order chi connectivity index (χ1) is 8.18. The van der Waals surface area contributed by atoms with Crippen molar-refractivity contribution in [2.75, 3.05) is 19.8 Å². The number of carboxylic acid groups (broad SMARTS) is 1. The molecular weight excluding hydrogens is 224 g/mol. The Hall–Kier alpha value is -1.95. The molecule has 0 saturated heterocycles. The van der Waals surface area contributed by atoms with Crippen LogP contribution in [0.1, 0.15) is 5.56 Å². The van der Waals surface area contributed by atoms with E-state index in [0.717, 1.165) is 5.56 Å². The van der Waals surface area contributed by atoms with Crippen molar-refractivity contribution in [2.24, 2.45) is 0 Å². The van der Waals surface area contributed by atoms with Crippen LogP contribution in [0.15, 0.2) is 24.5 Å². The predicted molar refractivity (Wildman–Crippen MR) is 59.4 cm³/mol. The van der Waals surface area contributed by atoms with Crippen molar-refractivity contribution in [3.8, 4) is 0 Å². The third-order valence-electron chi connectivity index (χ3n) is 1.94. The van der Waals surface area contributed by atoms with Gasteiger partial charge in [0, 0.05) is 18.9 Å². The lowest BCUT2D eigenvalue weighted by Crippen LogP contribution is -2.30. The lowest BCUT2D eigenvalue weighted by molar-refractivity contribution is -0.143. The fourth-order valence-corrected chi connectivity index (χ4v) is 1.18. The molecule has 0 fully saturated rings. The molecule has 0 aromatic carbocycles. The number of nitrogens with one attached hydrogen (secondary N) is 1. The number of aromatic nitrogens is 1. The van der Waals surface area contributed by atoms with E-state index in [1.165, 1.54) is 0 Å². The number of hydrogen-bond donors (Lipinski definition) is 2. The molecule has 1 rings (SSSR count). The van der Waals surface area contributed by atoms with Crippen LogP contribution in [0.3, 0.4) is 0 Å². The second-order valence-electron chi connectivity index (χ2n) is 3.34. The van der Waals surface area contributed by atoms with Crippen molar-refractivity contribution < 1.29 is 19.4 Å². The molecule has 0 aliphatic heterocycles. The Bertz CT molecular complexity index is 367. The SMILES string of the molecule is O=C(O)COCC(=O)NCCc1ccncc1. The van der Waals surface area contributed by atoms with Gasteiger partial charge in [-0.3, -0.25) is 9.78 Å². The van der Waals surface area contributed by atoms with Crippen molar-refractivity contribution in [2.45, 2.75) is 6.42 Å². The maximum atomic E-state index is 11.2. The number of ether oxygens (including phenoxy) is 1. The third-order valence-corrected chi connectivity index (χ3v) is 1.94. The monoisotopic (exact) mass is 238 g/mol. The Morgan fingerprint density at radius 1 is 1.29 bits per heavy atom. The first-order valence-corrected chi connectivity index (χ1v) is 5.13. The van der Waals surface area contributed by atoms with E-state index in [1.54, 1.807) is 12.4 Å². The molecule has 0 spiro atoms. The number of aliphatic carboxylic acids is 1. The number of carbonyl (C=O) groups excluding carboxylic acids is 1. The van der Waals surface area contributed by atoms with E-state index in [4.69, 9.17) is 5.11 Å². The number of pyridine rings is 1. The summed E-state index contributed by atoms with van der Waals surface area (Å²) in [6.45, 7) is -0.209. The number of amides is 1. The minimum Gasteiger partial charge on any atom is -0.480 e. The van der Waals surface area contributed by atoms with Gasteiger partial charge in [-0.25, -0.2) is 4.79 Å². The minimum absolute atomic E-state index is 0.233. The maximum Gasteiger partial charge on any atom is 0.329 e. The third kappa shape index (κ3) is 6.26. The Morgan fingerprint density at radius 2 is 2.00 bits per heavy atom. The molecule has 1 aromatic rings. The summed E-state index contributed by atoms with van der Waals surface area (Å²) in [4.78, 5) is 25.2. The fourth-order valence-electron chi connectivity index (χ4n) is 1.18. The van der Waals surface area contributed by atoms with Crippen molar-refractivity contribution >= 4 is 11.9 Å². The predicted octanol–water partition coefficient (Wildman–Crippen LogP) is -0.158. The van der Waals surface area contributed by atoms with Crippen molar-refractivity contribution in [1.82, 2.24) is 10.3 Å². The Labute approximate surface area is 98.6 Å². The Morgan fingerprint density at radius 3 is 2.65 bits per heavy atom. The van der Waals surface area contributed by atoms with Crippen LogP contribution in [-0.4, -0.2) is 41.7 Å². The molecule has 0 aliphatic carbocycles. The highest BCUT2D eigenvalue weighted by Gasteiger charge is 2.03. The molecular formula is C11H14N2O4. The number of carboxylic acids is 1. The molecule has 1 heterocycles. The van der Waals surface area contributed by atoms with Gasteiger partial charge in [0.05, 0.1) is 0 Å². The molecule has 1 aromatic heterocycles. The fraction of sp³-hybridized carbons (Fsp3) is 0.364. The second kappa shape index (κ2) is 7.34. The van der Waals surface area contributed by atoms with E-state index in [-0.39, 0.29) is 12.5 Å². The molecule has 0 unspecified atom stereocenters. The highest BCUT2D eigenvalue weighted by atomic mass is 16.5. The number of rotatable bonds is 7. The van der Waals surface area contributed by atoms with Gasteiger partial charge in [0.2, 0.25) is 5.91 Å². The van der Waals surface area contributed by atoms with Crippen LogP contribution in [-0.2, 0) is 20.7 Å². The summed E-state index contributed by atoms with van der Waals surface area (Å²) in [5.74, 6) is -1.41. The summed E-state index contributed by atoms with van der Waals surface area (Å²) in [6, 6.07) is 3.74. The zero-order valence-corrected chi connectivity index (χ0v) is 9.26. The first kappa shape index (κ1) is 13.1. The zero-order chi connectivity index (χ0) is 12.5. The lowest BCUT2D eigenvalue weighted by atomic mass is 10.2. The Balaban J connectivity index is 2.10. The van der Waals surface area contributed by atoms with Gasteiger partial charge in [0.25, 0.3) is 0 Å². The van der Waals surface area contributed by atoms with Gasteiger partial charge < -0.3 is 15.2 Å². The van der Waals surface area contributed by atoms with E-state index in [1.807, 2.05) is 12.1 Å². The van der Waals surface area contributed by atoms with Crippen LogP contribution in [0.5, 0.6) is 0 Å². The normalized spacial score (nSPS) is 9.88. The van der Waals surface area contributed by atoms with Crippen molar-refractivity contribution in [3.63, 3.8) is 0 Å². The first-order valence-electron chi connectivity index (χ1n) is 5.13. The van der Waals surface area contributed by atoms with Crippen LogP contribution in [0.4, 0.5) is 0 Å². The maximum absolute atomic E-state index is 11.2. The van der Waals surface area contributed by atoms with E-state index < -0.39 is 12.6 Å². The van der Waals surface area contributed by atoms with Gasteiger partial charge in [0.15, 0.2) is 0 Å². The molecule has 17 heavy (non-hydrogen) atoms. The van der Waals surface area contributed by atoms with E-state index >= 15 is 0 Å². The molecule has 6 nitrogen and oxygen atoms in total. The molecule has 2 N–H and O–H groups in total. The van der Waals surface area contributed by atoms with Crippen LogP contribution in [0, 0.1) is 0 Å². The van der Waals surface area contributed by atoms with Gasteiger partial charge in [-0.05, 0) is 24.1 Å². The lowest BCUT2D eigenvalue weighted by Gasteiger charge is -2.05. The molecule has 0 saturated carbocycles. The number of hydrogen-bond acceptors (Lipinski definition) is 4. The van der Waals surface area contributed by atoms with E-state index in [9.17, 15) is 9.59 Å². The summed E-state index contributed by atoms with van der Waals surface area (Å²) in [7, 11) is 0. The van der Waals surface area contributed by atoms with Crippen LogP contribution < -0.4 is 5.32 Å². The molecule has 0 bridgehead atoms. The second-order valence-corrected chi connectivity index (χ2v) is 3.34. The standard InChI is InChI=1S/C11H14N2O4/c14-10(7-17-8-11(15)16)13-6-3-9-1-4-12-5-2-9/h1-2,4-5H,3,6-8H2,(H,13,14)(H,15,16). The van der Waals surface area contributed by atoms with Crippen molar-refractivity contribution in [3.05, 3.63) is 30.1 Å². The average Bonchev–Trinajstić information content (AvgIpc) is 2.30. The van der Waals surface area contributed by atoms with Gasteiger partial charge >= 0.3 is 5.97 Å². The molecule has 1 amide bonds. The topological polar surface area (TPSA) is 88.5 Å².